The number of nitrogens with one attached hydrogen (secondary N) is 1. The van der Waals surface area contributed by atoms with Gasteiger partial charge in [-0.05, 0) is 60.5 Å². The van der Waals surface area contributed by atoms with Gasteiger partial charge in [0.25, 0.3) is 5.91 Å². The number of carbonyl (C=O) groups excluding carboxylic acids is 1. The molecule has 0 aliphatic rings. The lowest BCUT2D eigenvalue weighted by atomic mass is 9.99. The Morgan fingerprint density at radius 1 is 1.17 bits per heavy atom. The van der Waals surface area contributed by atoms with Crippen LogP contribution in [0.3, 0.4) is 0 Å². The molecule has 6 nitrogen and oxygen atoms in total. The quantitative estimate of drug-likeness (QED) is 0.802. The number of nitrogens with zero attached hydrogens (tertiary/aromatic N) is 4. The number of benzene rings is 2. The van der Waals surface area contributed by atoms with Gasteiger partial charge >= 0.3 is 0 Å². The molecule has 0 saturated heterocycles. The van der Waals surface area contributed by atoms with Gasteiger partial charge in [-0.1, -0.05) is 29.8 Å². The van der Waals surface area contributed by atoms with E-state index in [2.05, 4.69) is 46.0 Å². The number of hydrogen-bond acceptors (Lipinski definition) is 4. The van der Waals surface area contributed by atoms with E-state index in [1.165, 1.54) is 16.6 Å². The topological polar surface area (TPSA) is 72.7 Å². The second kappa shape index (κ2) is 6.62. The number of aromatic nitrogens is 4. The SMILES string of the molecule is Cc1ccc(C)c([C@H](C)NC(=O)c2cccc(-n3cnnn3)c2)c1. The Bertz CT molecular complexity index is 858. The average molecular weight is 321 g/mol. The summed E-state index contributed by atoms with van der Waals surface area (Å²) >= 11 is 0. The third-order valence-electron chi connectivity index (χ3n) is 3.97. The lowest BCUT2D eigenvalue weighted by Crippen LogP contribution is -2.27. The Morgan fingerprint density at radius 3 is 2.75 bits per heavy atom. The maximum atomic E-state index is 12.6. The number of carbonyl (C=O) groups is 1. The standard InChI is InChI=1S/C18H19N5O/c1-12-7-8-13(2)17(9-12)14(3)20-18(24)15-5-4-6-16(10-15)23-11-19-21-22-23/h4-11,14H,1-3H3,(H,20,24)/t14-/m0/s1. The van der Waals surface area contributed by atoms with Crippen molar-refractivity contribution >= 4 is 5.91 Å². The van der Waals surface area contributed by atoms with Gasteiger partial charge in [0.1, 0.15) is 6.33 Å². The summed E-state index contributed by atoms with van der Waals surface area (Å²) in [4.78, 5) is 12.6. The number of tetrazole rings is 1. The molecule has 0 aliphatic carbocycles. The third kappa shape index (κ3) is 3.32. The van der Waals surface area contributed by atoms with Crippen molar-refractivity contribution in [3.05, 3.63) is 71.0 Å². The molecule has 1 heterocycles. The second-order valence-corrected chi connectivity index (χ2v) is 5.86. The highest BCUT2D eigenvalue weighted by molar-refractivity contribution is 5.95. The molecule has 0 fully saturated rings. The fourth-order valence-corrected chi connectivity index (χ4v) is 2.65. The van der Waals surface area contributed by atoms with E-state index in [0.29, 0.717) is 5.56 Å². The first-order valence-electron chi connectivity index (χ1n) is 7.76. The van der Waals surface area contributed by atoms with Crippen LogP contribution in [-0.2, 0) is 0 Å². The van der Waals surface area contributed by atoms with Crippen LogP contribution in [0.2, 0.25) is 0 Å². The van der Waals surface area contributed by atoms with Gasteiger partial charge in [-0.2, -0.15) is 0 Å². The first-order chi connectivity index (χ1) is 11.5. The van der Waals surface area contributed by atoms with Crippen LogP contribution in [0.4, 0.5) is 0 Å². The van der Waals surface area contributed by atoms with Gasteiger partial charge in [0.2, 0.25) is 0 Å². The number of amides is 1. The van der Waals surface area contributed by atoms with E-state index in [0.717, 1.165) is 16.8 Å². The van der Waals surface area contributed by atoms with Crippen molar-refractivity contribution in [3.8, 4) is 5.69 Å². The fraction of sp³-hybridized carbons (Fsp3) is 0.222. The Labute approximate surface area is 140 Å². The molecule has 1 atom stereocenters. The molecule has 0 spiro atoms. The highest BCUT2D eigenvalue weighted by Gasteiger charge is 2.14. The lowest BCUT2D eigenvalue weighted by Gasteiger charge is -2.17. The fourth-order valence-electron chi connectivity index (χ4n) is 2.65. The van der Waals surface area contributed by atoms with Crippen LogP contribution in [-0.4, -0.2) is 26.1 Å². The predicted molar refractivity (Wildman–Crippen MR) is 91.0 cm³/mol. The van der Waals surface area contributed by atoms with Crippen molar-refractivity contribution in [2.45, 2.75) is 26.8 Å². The smallest absolute Gasteiger partial charge is 0.251 e. The summed E-state index contributed by atoms with van der Waals surface area (Å²) in [5, 5.41) is 14.1. The Balaban J connectivity index is 1.80. The highest BCUT2D eigenvalue weighted by atomic mass is 16.1. The van der Waals surface area contributed by atoms with Crippen LogP contribution in [0.5, 0.6) is 0 Å². The molecule has 0 bridgehead atoms. The molecule has 1 aromatic heterocycles. The van der Waals surface area contributed by atoms with Crippen LogP contribution < -0.4 is 5.32 Å². The van der Waals surface area contributed by atoms with Crippen LogP contribution in [0, 0.1) is 13.8 Å². The van der Waals surface area contributed by atoms with Gasteiger partial charge in [0, 0.05) is 5.56 Å². The molecular weight excluding hydrogens is 302 g/mol. The van der Waals surface area contributed by atoms with Gasteiger partial charge in [0.15, 0.2) is 0 Å². The molecule has 0 saturated carbocycles. The zero-order valence-electron chi connectivity index (χ0n) is 13.9. The molecule has 3 aromatic rings. The summed E-state index contributed by atoms with van der Waals surface area (Å²) in [6.45, 7) is 6.09. The van der Waals surface area contributed by atoms with Crippen molar-refractivity contribution in [2.24, 2.45) is 0 Å². The molecule has 1 N–H and O–H groups in total. The number of hydrogen-bond donors (Lipinski definition) is 1. The summed E-state index contributed by atoms with van der Waals surface area (Å²) in [6.07, 6.45) is 1.50. The van der Waals surface area contributed by atoms with Gasteiger partial charge in [-0.25, -0.2) is 4.68 Å². The van der Waals surface area contributed by atoms with Gasteiger partial charge in [-0.3, -0.25) is 4.79 Å². The van der Waals surface area contributed by atoms with Crippen LogP contribution in [0.1, 0.15) is 40.0 Å². The number of aryl methyl sites for hydroxylation is 2. The largest absolute Gasteiger partial charge is 0.346 e. The van der Waals surface area contributed by atoms with Crippen LogP contribution >= 0.6 is 0 Å². The van der Waals surface area contributed by atoms with Gasteiger partial charge < -0.3 is 5.32 Å². The summed E-state index contributed by atoms with van der Waals surface area (Å²) in [6, 6.07) is 13.4. The maximum absolute atomic E-state index is 12.6. The first kappa shape index (κ1) is 15.9. The lowest BCUT2D eigenvalue weighted by molar-refractivity contribution is 0.0940. The summed E-state index contributed by atoms with van der Waals surface area (Å²) < 4.78 is 1.52. The molecule has 6 heteroatoms. The van der Waals surface area contributed by atoms with Crippen molar-refractivity contribution in [3.63, 3.8) is 0 Å². The Kier molecular flexibility index (Phi) is 4.37. The maximum Gasteiger partial charge on any atom is 0.251 e. The number of rotatable bonds is 4. The zero-order valence-corrected chi connectivity index (χ0v) is 13.9. The average Bonchev–Trinajstić information content (AvgIpc) is 3.11. The first-order valence-corrected chi connectivity index (χ1v) is 7.76. The van der Waals surface area contributed by atoms with Crippen molar-refractivity contribution in [1.82, 2.24) is 25.5 Å². The van der Waals surface area contributed by atoms with Crippen molar-refractivity contribution in [2.75, 3.05) is 0 Å². The van der Waals surface area contributed by atoms with Gasteiger partial charge in [-0.15, -0.1) is 5.10 Å². The normalized spacial score (nSPS) is 12.0. The van der Waals surface area contributed by atoms with E-state index in [1.807, 2.05) is 26.0 Å². The van der Waals surface area contributed by atoms with Crippen LogP contribution in [0.25, 0.3) is 5.69 Å². The minimum Gasteiger partial charge on any atom is -0.346 e. The molecule has 0 unspecified atom stereocenters. The minimum absolute atomic E-state index is 0.0749. The van der Waals surface area contributed by atoms with E-state index in [-0.39, 0.29) is 11.9 Å². The van der Waals surface area contributed by atoms with E-state index in [1.54, 1.807) is 12.1 Å². The minimum atomic E-state index is -0.127. The molecule has 0 aliphatic heterocycles. The molecule has 2 aromatic carbocycles. The van der Waals surface area contributed by atoms with E-state index in [9.17, 15) is 4.79 Å². The zero-order chi connectivity index (χ0) is 17.1. The Hall–Kier alpha value is -3.02. The molecule has 122 valence electrons. The summed E-state index contributed by atoms with van der Waals surface area (Å²) in [5.74, 6) is -0.127. The Morgan fingerprint density at radius 2 is 2.00 bits per heavy atom. The van der Waals surface area contributed by atoms with E-state index >= 15 is 0 Å². The predicted octanol–water partition coefficient (Wildman–Crippen LogP) is 2.77. The van der Waals surface area contributed by atoms with Gasteiger partial charge in [0.05, 0.1) is 11.7 Å². The molecular formula is C18H19N5O. The third-order valence-corrected chi connectivity index (χ3v) is 3.97. The molecule has 0 radical (unpaired) electrons. The van der Waals surface area contributed by atoms with Crippen molar-refractivity contribution in [1.29, 1.82) is 0 Å². The van der Waals surface area contributed by atoms with Crippen LogP contribution in [0.15, 0.2) is 48.8 Å². The summed E-state index contributed by atoms with van der Waals surface area (Å²) in [5.41, 5.74) is 4.78. The van der Waals surface area contributed by atoms with E-state index in [4.69, 9.17) is 0 Å². The van der Waals surface area contributed by atoms with Crippen molar-refractivity contribution < 1.29 is 4.79 Å². The molecule has 1 amide bonds. The van der Waals surface area contributed by atoms with E-state index < -0.39 is 0 Å². The molecule has 3 rings (SSSR count). The monoisotopic (exact) mass is 321 g/mol. The summed E-state index contributed by atoms with van der Waals surface area (Å²) in [7, 11) is 0. The molecule has 24 heavy (non-hydrogen) atoms. The highest BCUT2D eigenvalue weighted by Crippen LogP contribution is 2.19. The second-order valence-electron chi connectivity index (χ2n) is 5.86.